The van der Waals surface area contributed by atoms with Crippen molar-refractivity contribution in [1.82, 2.24) is 0 Å². The standard InChI is InChI=1S/C21H27ClN2O4/c1-6-26-18-11-14(12-19(27-7-2)20(18)28-8-3)21(25)23-16-13-15(22)9-10-17(16)24(4)5/h9-13H,6-8H2,1-5H3,(H,23,25). The molecule has 0 spiro atoms. The maximum absolute atomic E-state index is 13.0. The van der Waals surface area contributed by atoms with Crippen LogP contribution in [0.4, 0.5) is 11.4 Å². The fourth-order valence-corrected chi connectivity index (χ4v) is 2.88. The van der Waals surface area contributed by atoms with Gasteiger partial charge in [-0.05, 0) is 51.1 Å². The van der Waals surface area contributed by atoms with Crippen molar-refractivity contribution in [2.24, 2.45) is 0 Å². The second-order valence-electron chi connectivity index (χ2n) is 6.11. The second-order valence-corrected chi connectivity index (χ2v) is 6.55. The molecule has 6 nitrogen and oxygen atoms in total. The quantitative estimate of drug-likeness (QED) is 0.644. The van der Waals surface area contributed by atoms with Crippen molar-refractivity contribution in [3.05, 3.63) is 40.9 Å². The van der Waals surface area contributed by atoms with E-state index < -0.39 is 0 Å². The van der Waals surface area contributed by atoms with Gasteiger partial charge in [-0.3, -0.25) is 4.79 Å². The number of rotatable bonds is 9. The van der Waals surface area contributed by atoms with Crippen LogP contribution in [0.1, 0.15) is 31.1 Å². The van der Waals surface area contributed by atoms with Crippen LogP contribution < -0.4 is 24.4 Å². The number of benzene rings is 2. The molecule has 152 valence electrons. The number of nitrogens with zero attached hydrogens (tertiary/aromatic N) is 1. The summed E-state index contributed by atoms with van der Waals surface area (Å²) in [7, 11) is 3.80. The topological polar surface area (TPSA) is 60.0 Å². The van der Waals surface area contributed by atoms with Crippen LogP contribution in [0.15, 0.2) is 30.3 Å². The van der Waals surface area contributed by atoms with E-state index in [0.29, 0.717) is 53.3 Å². The van der Waals surface area contributed by atoms with E-state index in [-0.39, 0.29) is 5.91 Å². The average molecular weight is 407 g/mol. The molecule has 2 aromatic carbocycles. The lowest BCUT2D eigenvalue weighted by atomic mass is 10.1. The molecule has 0 unspecified atom stereocenters. The summed E-state index contributed by atoms with van der Waals surface area (Å²) < 4.78 is 17.1. The van der Waals surface area contributed by atoms with E-state index in [1.165, 1.54) is 0 Å². The van der Waals surface area contributed by atoms with Crippen molar-refractivity contribution in [2.45, 2.75) is 20.8 Å². The largest absolute Gasteiger partial charge is 0.490 e. The van der Waals surface area contributed by atoms with Crippen LogP contribution in [0.3, 0.4) is 0 Å². The Morgan fingerprint density at radius 1 is 0.964 bits per heavy atom. The third-order valence-corrected chi connectivity index (χ3v) is 4.10. The van der Waals surface area contributed by atoms with E-state index in [1.54, 1.807) is 24.3 Å². The molecule has 0 aliphatic carbocycles. The Morgan fingerprint density at radius 2 is 1.54 bits per heavy atom. The summed E-state index contributed by atoms with van der Waals surface area (Å²) in [5, 5.41) is 3.46. The highest BCUT2D eigenvalue weighted by Crippen LogP contribution is 2.39. The molecule has 0 saturated heterocycles. The normalized spacial score (nSPS) is 10.4. The van der Waals surface area contributed by atoms with Gasteiger partial charge in [0.05, 0.1) is 31.2 Å². The SMILES string of the molecule is CCOc1cc(C(=O)Nc2cc(Cl)ccc2N(C)C)cc(OCC)c1OCC. The minimum absolute atomic E-state index is 0.296. The van der Waals surface area contributed by atoms with E-state index in [2.05, 4.69) is 5.32 Å². The highest BCUT2D eigenvalue weighted by Gasteiger charge is 2.19. The Morgan fingerprint density at radius 3 is 2.04 bits per heavy atom. The predicted octanol–water partition coefficient (Wildman–Crippen LogP) is 4.85. The molecule has 0 aliphatic heterocycles. The van der Waals surface area contributed by atoms with Crippen LogP contribution in [-0.4, -0.2) is 39.8 Å². The van der Waals surface area contributed by atoms with Crippen molar-refractivity contribution >= 4 is 28.9 Å². The predicted molar refractivity (Wildman–Crippen MR) is 114 cm³/mol. The summed E-state index contributed by atoms with van der Waals surface area (Å²) in [4.78, 5) is 14.9. The van der Waals surface area contributed by atoms with Gasteiger partial charge in [-0.15, -0.1) is 0 Å². The number of carbonyl (C=O) groups is 1. The lowest BCUT2D eigenvalue weighted by molar-refractivity contribution is 0.102. The van der Waals surface area contributed by atoms with Crippen molar-refractivity contribution in [3.8, 4) is 17.2 Å². The van der Waals surface area contributed by atoms with Gasteiger partial charge in [0.1, 0.15) is 0 Å². The van der Waals surface area contributed by atoms with E-state index in [1.807, 2.05) is 45.8 Å². The number of nitrogens with one attached hydrogen (secondary N) is 1. The van der Waals surface area contributed by atoms with Crippen molar-refractivity contribution in [3.63, 3.8) is 0 Å². The number of halogens is 1. The molecule has 0 radical (unpaired) electrons. The molecule has 7 heteroatoms. The van der Waals surface area contributed by atoms with Crippen LogP contribution in [0.25, 0.3) is 0 Å². The molecule has 1 N–H and O–H groups in total. The van der Waals surface area contributed by atoms with Crippen molar-refractivity contribution in [2.75, 3.05) is 44.1 Å². The molecule has 1 amide bonds. The first kappa shape index (κ1) is 21.7. The zero-order chi connectivity index (χ0) is 20.7. The zero-order valence-corrected chi connectivity index (χ0v) is 17.7. The van der Waals surface area contributed by atoms with E-state index >= 15 is 0 Å². The van der Waals surface area contributed by atoms with Crippen LogP contribution in [0.5, 0.6) is 17.2 Å². The van der Waals surface area contributed by atoms with Crippen LogP contribution in [0.2, 0.25) is 5.02 Å². The van der Waals surface area contributed by atoms with Gasteiger partial charge in [-0.1, -0.05) is 11.6 Å². The van der Waals surface area contributed by atoms with Gasteiger partial charge >= 0.3 is 0 Å². The van der Waals surface area contributed by atoms with Crippen LogP contribution in [-0.2, 0) is 0 Å². The minimum atomic E-state index is -0.296. The maximum atomic E-state index is 13.0. The molecule has 0 fully saturated rings. The summed E-state index contributed by atoms with van der Waals surface area (Å²) in [6, 6.07) is 8.67. The third-order valence-electron chi connectivity index (χ3n) is 3.86. The summed E-state index contributed by atoms with van der Waals surface area (Å²) in [6.45, 7) is 6.97. The zero-order valence-electron chi connectivity index (χ0n) is 17.0. The van der Waals surface area contributed by atoms with Crippen LogP contribution >= 0.6 is 11.6 Å². The summed E-state index contributed by atoms with van der Waals surface area (Å²) >= 11 is 6.11. The number of anilines is 2. The lowest BCUT2D eigenvalue weighted by Crippen LogP contribution is -2.17. The van der Waals surface area contributed by atoms with Gasteiger partial charge in [0.2, 0.25) is 5.75 Å². The lowest BCUT2D eigenvalue weighted by Gasteiger charge is -2.19. The summed E-state index contributed by atoms with van der Waals surface area (Å²) in [5.74, 6) is 1.15. The molecule has 0 aliphatic rings. The van der Waals surface area contributed by atoms with Gasteiger partial charge in [0.15, 0.2) is 11.5 Å². The fraction of sp³-hybridized carbons (Fsp3) is 0.381. The first-order valence-corrected chi connectivity index (χ1v) is 9.63. The van der Waals surface area contributed by atoms with Gasteiger partial charge in [-0.25, -0.2) is 0 Å². The average Bonchev–Trinajstić information content (AvgIpc) is 2.64. The first-order valence-electron chi connectivity index (χ1n) is 9.25. The Balaban J connectivity index is 2.44. The number of amides is 1. The molecule has 0 atom stereocenters. The molecule has 28 heavy (non-hydrogen) atoms. The molecule has 0 aromatic heterocycles. The Bertz CT molecular complexity index is 797. The Hall–Kier alpha value is -2.60. The second kappa shape index (κ2) is 10.1. The van der Waals surface area contributed by atoms with Crippen LogP contribution in [0, 0.1) is 0 Å². The highest BCUT2D eigenvalue weighted by atomic mass is 35.5. The molecular weight excluding hydrogens is 380 g/mol. The number of hydrogen-bond donors (Lipinski definition) is 1. The molecule has 0 saturated carbocycles. The van der Waals surface area contributed by atoms with E-state index in [9.17, 15) is 4.79 Å². The maximum Gasteiger partial charge on any atom is 0.255 e. The van der Waals surface area contributed by atoms with Gasteiger partial charge in [-0.2, -0.15) is 0 Å². The van der Waals surface area contributed by atoms with E-state index in [0.717, 1.165) is 5.69 Å². The Labute approximate surface area is 171 Å². The minimum Gasteiger partial charge on any atom is -0.490 e. The molecule has 2 aromatic rings. The summed E-state index contributed by atoms with van der Waals surface area (Å²) in [6.07, 6.45) is 0. The molecular formula is C21H27ClN2O4. The van der Waals surface area contributed by atoms with Crippen molar-refractivity contribution in [1.29, 1.82) is 0 Å². The monoisotopic (exact) mass is 406 g/mol. The summed E-state index contributed by atoms with van der Waals surface area (Å²) in [5.41, 5.74) is 1.87. The third kappa shape index (κ3) is 5.23. The number of hydrogen-bond acceptors (Lipinski definition) is 5. The molecule has 0 heterocycles. The van der Waals surface area contributed by atoms with E-state index in [4.69, 9.17) is 25.8 Å². The molecule has 0 bridgehead atoms. The van der Waals surface area contributed by atoms with Crippen molar-refractivity contribution < 1.29 is 19.0 Å². The smallest absolute Gasteiger partial charge is 0.255 e. The molecule has 2 rings (SSSR count). The van der Waals surface area contributed by atoms with Gasteiger partial charge in [0.25, 0.3) is 5.91 Å². The Kier molecular flexibility index (Phi) is 7.81. The van der Waals surface area contributed by atoms with Gasteiger partial charge < -0.3 is 24.4 Å². The number of carbonyl (C=O) groups excluding carboxylic acids is 1. The fourth-order valence-electron chi connectivity index (χ4n) is 2.71. The first-order chi connectivity index (χ1) is 13.4. The highest BCUT2D eigenvalue weighted by molar-refractivity contribution is 6.31. The van der Waals surface area contributed by atoms with Gasteiger partial charge in [0, 0.05) is 24.7 Å². The number of ether oxygens (including phenoxy) is 3.